The summed E-state index contributed by atoms with van der Waals surface area (Å²) in [5, 5.41) is 4.74. The van der Waals surface area contributed by atoms with Crippen LogP contribution in [-0.2, 0) is 6.54 Å². The topological polar surface area (TPSA) is 30.4 Å². The molecule has 0 saturated heterocycles. The minimum absolute atomic E-state index is 0.546. The molecule has 35 heavy (non-hydrogen) atoms. The summed E-state index contributed by atoms with van der Waals surface area (Å²) in [5.74, 6) is 0. The Morgan fingerprint density at radius 3 is 2.03 bits per heavy atom. The maximum absolute atomic E-state index is 6.11. The summed E-state index contributed by atoms with van der Waals surface area (Å²) in [6.45, 7) is 4.34. The Bertz CT molecular complexity index is 1850. The molecule has 5 aromatic carbocycles. The van der Waals surface area contributed by atoms with Gasteiger partial charge in [-0.3, -0.25) is 4.99 Å². The highest BCUT2D eigenvalue weighted by molar-refractivity contribution is 6.10. The zero-order valence-corrected chi connectivity index (χ0v) is 19.1. The van der Waals surface area contributed by atoms with Crippen LogP contribution in [0.1, 0.15) is 5.56 Å². The van der Waals surface area contributed by atoms with Gasteiger partial charge < -0.3 is 8.98 Å². The molecule has 2 aromatic heterocycles. The van der Waals surface area contributed by atoms with Crippen molar-refractivity contribution in [1.29, 1.82) is 0 Å². The first kappa shape index (κ1) is 19.8. The summed E-state index contributed by atoms with van der Waals surface area (Å²) in [7, 11) is 0. The minimum atomic E-state index is 0.546. The molecular formula is C32H22N2O. The van der Waals surface area contributed by atoms with Crippen LogP contribution in [0.5, 0.6) is 0 Å². The molecular weight excluding hydrogens is 428 g/mol. The minimum Gasteiger partial charge on any atom is -0.456 e. The van der Waals surface area contributed by atoms with Crippen LogP contribution in [0.25, 0.3) is 60.6 Å². The normalized spacial score (nSPS) is 11.7. The van der Waals surface area contributed by atoms with Crippen LogP contribution in [-0.4, -0.2) is 11.3 Å². The Kier molecular flexibility index (Phi) is 4.36. The average molecular weight is 451 g/mol. The summed E-state index contributed by atoms with van der Waals surface area (Å²) in [4.78, 5) is 4.26. The zero-order chi connectivity index (χ0) is 23.4. The lowest BCUT2D eigenvalue weighted by atomic mass is 9.95. The van der Waals surface area contributed by atoms with E-state index < -0.39 is 0 Å². The van der Waals surface area contributed by atoms with Crippen LogP contribution in [0, 0.1) is 0 Å². The van der Waals surface area contributed by atoms with Crippen molar-refractivity contribution in [3.63, 3.8) is 0 Å². The molecule has 0 aliphatic rings. The number of aliphatic imine (C=N–C) groups is 1. The lowest BCUT2D eigenvalue weighted by Gasteiger charge is -2.17. The van der Waals surface area contributed by atoms with E-state index in [1.165, 1.54) is 27.4 Å². The molecule has 2 heterocycles. The zero-order valence-electron chi connectivity index (χ0n) is 19.1. The summed E-state index contributed by atoms with van der Waals surface area (Å²) < 4.78 is 8.48. The number of aromatic nitrogens is 1. The molecule has 0 unspecified atom stereocenters. The van der Waals surface area contributed by atoms with Gasteiger partial charge in [-0.1, -0.05) is 72.8 Å². The third-order valence-corrected chi connectivity index (χ3v) is 6.90. The van der Waals surface area contributed by atoms with Crippen molar-refractivity contribution in [2.24, 2.45) is 4.99 Å². The van der Waals surface area contributed by atoms with E-state index in [0.29, 0.717) is 6.54 Å². The van der Waals surface area contributed by atoms with Crippen molar-refractivity contribution in [1.82, 2.24) is 4.57 Å². The molecule has 0 radical (unpaired) electrons. The van der Waals surface area contributed by atoms with Gasteiger partial charge in [-0.15, -0.1) is 0 Å². The summed E-state index contributed by atoms with van der Waals surface area (Å²) in [6.07, 6.45) is 0. The third kappa shape index (κ3) is 2.95. The van der Waals surface area contributed by atoms with Crippen molar-refractivity contribution in [3.05, 3.63) is 115 Å². The molecule has 3 nitrogen and oxygen atoms in total. The number of nitrogens with zero attached hydrogens (tertiary/aromatic N) is 2. The molecule has 0 aliphatic heterocycles. The van der Waals surface area contributed by atoms with Gasteiger partial charge in [0.1, 0.15) is 11.2 Å². The molecule has 0 fully saturated rings. The highest BCUT2D eigenvalue weighted by atomic mass is 16.3. The van der Waals surface area contributed by atoms with Crippen molar-refractivity contribution in [3.8, 4) is 16.8 Å². The number of benzene rings is 5. The Morgan fingerprint density at radius 1 is 0.629 bits per heavy atom. The fourth-order valence-electron chi connectivity index (χ4n) is 5.42. The molecule has 166 valence electrons. The maximum Gasteiger partial charge on any atom is 0.135 e. The van der Waals surface area contributed by atoms with E-state index in [4.69, 9.17) is 4.42 Å². The Labute approximate surface area is 202 Å². The van der Waals surface area contributed by atoms with Crippen LogP contribution in [0.15, 0.2) is 119 Å². The lowest BCUT2D eigenvalue weighted by Crippen LogP contribution is -2.00. The number of para-hydroxylation sites is 3. The van der Waals surface area contributed by atoms with Crippen molar-refractivity contribution in [2.45, 2.75) is 6.54 Å². The lowest BCUT2D eigenvalue weighted by molar-refractivity contribution is 0.669. The number of hydrogen-bond acceptors (Lipinski definition) is 2. The van der Waals surface area contributed by atoms with Gasteiger partial charge >= 0.3 is 0 Å². The number of fused-ring (bicyclic) bond motifs is 6. The number of rotatable bonds is 4. The van der Waals surface area contributed by atoms with E-state index in [1.807, 2.05) is 12.1 Å². The van der Waals surface area contributed by atoms with E-state index in [2.05, 4.69) is 113 Å². The van der Waals surface area contributed by atoms with Gasteiger partial charge in [0.15, 0.2) is 0 Å². The Balaban J connectivity index is 1.59. The molecule has 0 amide bonds. The van der Waals surface area contributed by atoms with Gasteiger partial charge in [-0.05, 0) is 54.2 Å². The highest BCUT2D eigenvalue weighted by Crippen LogP contribution is 2.40. The molecule has 3 heteroatoms. The maximum atomic E-state index is 6.11. The Morgan fingerprint density at radius 2 is 1.29 bits per heavy atom. The first-order chi connectivity index (χ1) is 17.3. The molecule has 0 aliphatic carbocycles. The van der Waals surface area contributed by atoms with Gasteiger partial charge in [-0.25, -0.2) is 0 Å². The van der Waals surface area contributed by atoms with Crippen LogP contribution in [0.3, 0.4) is 0 Å². The van der Waals surface area contributed by atoms with Gasteiger partial charge in [0.25, 0.3) is 0 Å². The third-order valence-electron chi connectivity index (χ3n) is 6.90. The molecule has 7 rings (SSSR count). The summed E-state index contributed by atoms with van der Waals surface area (Å²) in [5.41, 5.74) is 8.76. The molecule has 0 spiro atoms. The Hall–Kier alpha value is -4.63. The van der Waals surface area contributed by atoms with Crippen LogP contribution < -0.4 is 0 Å². The monoisotopic (exact) mass is 450 g/mol. The molecule has 7 aromatic rings. The SMILES string of the molecule is C=NCc1cccc(-n2c3ccccc3c3ccccc32)c1-c1ccc2oc3ccccc3c2c1. The average Bonchev–Trinajstić information content (AvgIpc) is 3.44. The van der Waals surface area contributed by atoms with Crippen LogP contribution in [0.4, 0.5) is 0 Å². The van der Waals surface area contributed by atoms with Crippen molar-refractivity contribution < 1.29 is 4.42 Å². The fraction of sp³-hybridized carbons (Fsp3) is 0.0312. The predicted octanol–water partition coefficient (Wildman–Crippen LogP) is 8.55. The quantitative estimate of drug-likeness (QED) is 0.247. The van der Waals surface area contributed by atoms with Gasteiger partial charge in [-0.2, -0.15) is 0 Å². The van der Waals surface area contributed by atoms with Gasteiger partial charge in [0, 0.05) is 27.1 Å². The first-order valence-corrected chi connectivity index (χ1v) is 11.8. The van der Waals surface area contributed by atoms with Crippen molar-refractivity contribution in [2.75, 3.05) is 0 Å². The first-order valence-electron chi connectivity index (χ1n) is 11.8. The number of hydrogen-bond donors (Lipinski definition) is 0. The van der Waals surface area contributed by atoms with Crippen molar-refractivity contribution >= 4 is 50.5 Å². The molecule has 0 saturated carbocycles. The predicted molar refractivity (Wildman–Crippen MR) is 147 cm³/mol. The highest BCUT2D eigenvalue weighted by Gasteiger charge is 2.18. The van der Waals surface area contributed by atoms with Crippen LogP contribution in [0.2, 0.25) is 0 Å². The second-order valence-electron chi connectivity index (χ2n) is 8.87. The van der Waals surface area contributed by atoms with Gasteiger partial charge in [0.2, 0.25) is 0 Å². The van der Waals surface area contributed by atoms with E-state index >= 15 is 0 Å². The van der Waals surface area contributed by atoms with E-state index in [9.17, 15) is 0 Å². The standard InChI is InChI=1S/C32H22N2O/c1-33-20-22-9-8-15-29(34-27-13-5-2-10-23(27)24-11-3-6-14-28(24)34)32(22)21-17-18-31-26(19-21)25-12-4-7-16-30(25)35-31/h2-19H,1,20H2. The fourth-order valence-corrected chi connectivity index (χ4v) is 5.42. The van der Waals surface area contributed by atoms with Crippen LogP contribution >= 0.6 is 0 Å². The second-order valence-corrected chi connectivity index (χ2v) is 8.87. The summed E-state index contributed by atoms with van der Waals surface area (Å²) >= 11 is 0. The smallest absolute Gasteiger partial charge is 0.135 e. The van der Waals surface area contributed by atoms with E-state index in [-0.39, 0.29) is 0 Å². The molecule has 0 N–H and O–H groups in total. The van der Waals surface area contributed by atoms with E-state index in [1.54, 1.807) is 0 Å². The second kappa shape index (κ2) is 7.71. The molecule has 0 atom stereocenters. The molecule has 0 bridgehead atoms. The summed E-state index contributed by atoms with van der Waals surface area (Å²) in [6, 6.07) is 38.4. The largest absolute Gasteiger partial charge is 0.456 e. The van der Waals surface area contributed by atoms with Gasteiger partial charge in [0.05, 0.1) is 23.3 Å². The number of furan rings is 1. The van der Waals surface area contributed by atoms with E-state index in [0.717, 1.165) is 38.8 Å².